The fourth-order valence-electron chi connectivity index (χ4n) is 3.83. The number of hydrogen-bond acceptors (Lipinski definition) is 4. The number of anilines is 2. The SMILES string of the molecule is COc1ccccc1NC1CCN(c2ccnc3c(C)cccc23)CC1. The number of hydrogen-bond donors (Lipinski definition) is 1. The summed E-state index contributed by atoms with van der Waals surface area (Å²) in [5.41, 5.74) is 4.73. The molecular formula is C22H25N3O. The van der Waals surface area contributed by atoms with Crippen molar-refractivity contribution in [3.8, 4) is 5.75 Å². The quantitative estimate of drug-likeness (QED) is 0.746. The fourth-order valence-corrected chi connectivity index (χ4v) is 3.83. The Labute approximate surface area is 154 Å². The van der Waals surface area contributed by atoms with Crippen LogP contribution < -0.4 is 15.0 Å². The lowest BCUT2D eigenvalue weighted by molar-refractivity contribution is 0.415. The molecule has 0 unspecified atom stereocenters. The largest absolute Gasteiger partial charge is 0.495 e. The number of rotatable bonds is 4. The molecule has 2 heterocycles. The first kappa shape index (κ1) is 16.7. The van der Waals surface area contributed by atoms with Crippen LogP contribution in [0.15, 0.2) is 54.7 Å². The first-order valence-corrected chi connectivity index (χ1v) is 9.25. The van der Waals surface area contributed by atoms with Crippen molar-refractivity contribution in [2.75, 3.05) is 30.4 Å². The van der Waals surface area contributed by atoms with Crippen LogP contribution in [0.5, 0.6) is 5.75 Å². The van der Waals surface area contributed by atoms with E-state index in [4.69, 9.17) is 4.74 Å². The van der Waals surface area contributed by atoms with Crippen LogP contribution in [0.1, 0.15) is 18.4 Å². The van der Waals surface area contributed by atoms with Gasteiger partial charge in [-0.1, -0.05) is 30.3 Å². The summed E-state index contributed by atoms with van der Waals surface area (Å²) < 4.78 is 5.46. The Morgan fingerprint density at radius 2 is 1.85 bits per heavy atom. The number of aryl methyl sites for hydroxylation is 1. The summed E-state index contributed by atoms with van der Waals surface area (Å²) in [6.45, 7) is 4.21. The van der Waals surface area contributed by atoms with E-state index < -0.39 is 0 Å². The minimum absolute atomic E-state index is 0.470. The van der Waals surface area contributed by atoms with Crippen molar-refractivity contribution >= 4 is 22.3 Å². The van der Waals surface area contributed by atoms with Crippen LogP contribution in [0, 0.1) is 6.92 Å². The molecule has 0 aliphatic carbocycles. The molecule has 1 saturated heterocycles. The number of aromatic nitrogens is 1. The van der Waals surface area contributed by atoms with E-state index in [1.54, 1.807) is 7.11 Å². The monoisotopic (exact) mass is 347 g/mol. The predicted octanol–water partition coefficient (Wildman–Crippen LogP) is 4.63. The molecule has 1 N–H and O–H groups in total. The zero-order valence-electron chi connectivity index (χ0n) is 15.4. The van der Waals surface area contributed by atoms with Crippen molar-refractivity contribution < 1.29 is 4.74 Å². The van der Waals surface area contributed by atoms with Gasteiger partial charge < -0.3 is 15.0 Å². The number of nitrogens with zero attached hydrogens (tertiary/aromatic N) is 2. The van der Waals surface area contributed by atoms with E-state index >= 15 is 0 Å². The molecule has 0 saturated carbocycles. The maximum Gasteiger partial charge on any atom is 0.141 e. The maximum absolute atomic E-state index is 5.46. The first-order chi connectivity index (χ1) is 12.8. The van der Waals surface area contributed by atoms with E-state index in [-0.39, 0.29) is 0 Å². The number of pyridine rings is 1. The molecule has 1 aliphatic rings. The van der Waals surface area contributed by atoms with Crippen LogP contribution in [-0.2, 0) is 0 Å². The molecule has 0 bridgehead atoms. The highest BCUT2D eigenvalue weighted by molar-refractivity contribution is 5.93. The van der Waals surface area contributed by atoms with Gasteiger partial charge in [-0.15, -0.1) is 0 Å². The van der Waals surface area contributed by atoms with Crippen LogP contribution in [0.2, 0.25) is 0 Å². The fraction of sp³-hybridized carbons (Fsp3) is 0.318. The minimum Gasteiger partial charge on any atom is -0.495 e. The summed E-state index contributed by atoms with van der Waals surface area (Å²) in [6.07, 6.45) is 4.14. The Kier molecular flexibility index (Phi) is 4.65. The lowest BCUT2D eigenvalue weighted by atomic mass is 10.0. The third-order valence-corrected chi connectivity index (χ3v) is 5.25. The summed E-state index contributed by atoms with van der Waals surface area (Å²) in [5, 5.41) is 4.91. The van der Waals surface area contributed by atoms with Gasteiger partial charge in [-0.25, -0.2) is 0 Å². The van der Waals surface area contributed by atoms with Crippen molar-refractivity contribution in [3.63, 3.8) is 0 Å². The average molecular weight is 347 g/mol. The Morgan fingerprint density at radius 3 is 2.65 bits per heavy atom. The van der Waals surface area contributed by atoms with Gasteiger partial charge in [0.1, 0.15) is 5.75 Å². The smallest absolute Gasteiger partial charge is 0.141 e. The van der Waals surface area contributed by atoms with Gasteiger partial charge in [0.05, 0.1) is 18.3 Å². The van der Waals surface area contributed by atoms with Gasteiger partial charge in [-0.3, -0.25) is 4.98 Å². The number of nitrogens with one attached hydrogen (secondary N) is 1. The van der Waals surface area contributed by atoms with Gasteiger partial charge in [0.2, 0.25) is 0 Å². The van der Waals surface area contributed by atoms with Gasteiger partial charge >= 0.3 is 0 Å². The highest BCUT2D eigenvalue weighted by Gasteiger charge is 2.21. The Morgan fingerprint density at radius 1 is 1.04 bits per heavy atom. The molecule has 3 aromatic rings. The second kappa shape index (κ2) is 7.24. The molecule has 4 heteroatoms. The van der Waals surface area contributed by atoms with Gasteiger partial charge in [0.15, 0.2) is 0 Å². The summed E-state index contributed by atoms with van der Waals surface area (Å²) in [5.74, 6) is 0.908. The van der Waals surface area contributed by atoms with E-state index in [0.29, 0.717) is 6.04 Å². The molecule has 1 fully saturated rings. The predicted molar refractivity (Wildman–Crippen MR) is 108 cm³/mol. The third kappa shape index (κ3) is 3.19. The van der Waals surface area contributed by atoms with E-state index in [1.807, 2.05) is 24.4 Å². The zero-order chi connectivity index (χ0) is 17.9. The molecule has 4 nitrogen and oxygen atoms in total. The normalized spacial score (nSPS) is 15.2. The Bertz CT molecular complexity index is 901. The third-order valence-electron chi connectivity index (χ3n) is 5.25. The van der Waals surface area contributed by atoms with E-state index in [2.05, 4.69) is 52.5 Å². The maximum atomic E-state index is 5.46. The molecule has 1 aliphatic heterocycles. The molecule has 0 spiro atoms. The molecule has 26 heavy (non-hydrogen) atoms. The number of piperidine rings is 1. The number of para-hydroxylation sites is 3. The lowest BCUT2D eigenvalue weighted by Crippen LogP contribution is -2.39. The van der Waals surface area contributed by atoms with E-state index in [1.165, 1.54) is 16.6 Å². The van der Waals surface area contributed by atoms with E-state index in [0.717, 1.165) is 42.9 Å². The molecule has 4 rings (SSSR count). The number of benzene rings is 2. The topological polar surface area (TPSA) is 37.4 Å². The Balaban J connectivity index is 1.48. The van der Waals surface area contributed by atoms with Crippen LogP contribution in [0.3, 0.4) is 0 Å². The molecule has 0 amide bonds. The Hall–Kier alpha value is -2.75. The number of methoxy groups -OCH3 is 1. The highest BCUT2D eigenvalue weighted by atomic mass is 16.5. The van der Waals surface area contributed by atoms with Crippen LogP contribution in [-0.4, -0.2) is 31.2 Å². The van der Waals surface area contributed by atoms with Crippen molar-refractivity contribution in [3.05, 3.63) is 60.3 Å². The molecule has 1 aromatic heterocycles. The van der Waals surface area contributed by atoms with Crippen LogP contribution in [0.4, 0.5) is 11.4 Å². The van der Waals surface area contributed by atoms with Gasteiger partial charge in [-0.05, 0) is 43.5 Å². The summed E-state index contributed by atoms with van der Waals surface area (Å²) in [6, 6.07) is 17.2. The second-order valence-corrected chi connectivity index (χ2v) is 6.91. The zero-order valence-corrected chi connectivity index (χ0v) is 15.4. The lowest BCUT2D eigenvalue weighted by Gasteiger charge is -2.35. The van der Waals surface area contributed by atoms with Crippen LogP contribution >= 0.6 is 0 Å². The van der Waals surface area contributed by atoms with Crippen molar-refractivity contribution in [1.82, 2.24) is 4.98 Å². The standard InChI is InChI=1S/C22H25N3O/c1-16-6-5-7-18-20(10-13-23-22(16)18)25-14-11-17(12-15-25)24-19-8-3-4-9-21(19)26-2/h3-10,13,17,24H,11-12,14-15H2,1-2H3. The van der Waals surface area contributed by atoms with E-state index in [9.17, 15) is 0 Å². The number of ether oxygens (including phenoxy) is 1. The highest BCUT2D eigenvalue weighted by Crippen LogP contribution is 2.31. The van der Waals surface area contributed by atoms with Gasteiger partial charge in [-0.2, -0.15) is 0 Å². The summed E-state index contributed by atoms with van der Waals surface area (Å²) >= 11 is 0. The van der Waals surface area contributed by atoms with Crippen molar-refractivity contribution in [2.24, 2.45) is 0 Å². The molecule has 134 valence electrons. The molecular weight excluding hydrogens is 322 g/mol. The average Bonchev–Trinajstić information content (AvgIpc) is 2.69. The van der Waals surface area contributed by atoms with Gasteiger partial charge in [0, 0.05) is 36.4 Å². The summed E-state index contributed by atoms with van der Waals surface area (Å²) in [7, 11) is 1.72. The second-order valence-electron chi connectivity index (χ2n) is 6.91. The number of fused-ring (bicyclic) bond motifs is 1. The van der Waals surface area contributed by atoms with Crippen LogP contribution in [0.25, 0.3) is 10.9 Å². The molecule has 0 atom stereocenters. The van der Waals surface area contributed by atoms with Gasteiger partial charge in [0.25, 0.3) is 0 Å². The first-order valence-electron chi connectivity index (χ1n) is 9.25. The molecule has 2 aromatic carbocycles. The summed E-state index contributed by atoms with van der Waals surface area (Å²) in [4.78, 5) is 7.06. The van der Waals surface area contributed by atoms with Crippen molar-refractivity contribution in [2.45, 2.75) is 25.8 Å². The molecule has 0 radical (unpaired) electrons. The van der Waals surface area contributed by atoms with Crippen molar-refractivity contribution in [1.29, 1.82) is 0 Å². The minimum atomic E-state index is 0.470.